The largest absolute Gasteiger partial charge is 0.497 e. The van der Waals surface area contributed by atoms with E-state index in [-0.39, 0.29) is 6.04 Å². The Balaban J connectivity index is 2.00. The Labute approximate surface area is 133 Å². The van der Waals surface area contributed by atoms with E-state index in [9.17, 15) is 0 Å². The van der Waals surface area contributed by atoms with E-state index in [1.165, 1.54) is 5.56 Å². The van der Waals surface area contributed by atoms with Crippen molar-refractivity contribution in [3.63, 3.8) is 0 Å². The molecule has 4 heteroatoms. The normalized spacial score (nSPS) is 12.2. The molecule has 106 valence electrons. The molecule has 2 rings (SSSR count). The molecule has 0 amide bonds. The molecule has 0 aliphatic rings. The fourth-order valence-corrected chi connectivity index (χ4v) is 2.55. The Hall–Kier alpha value is -1.03. The molecule has 0 fully saturated rings. The van der Waals surface area contributed by atoms with Crippen LogP contribution in [0.15, 0.2) is 46.9 Å². The third-order valence-electron chi connectivity index (χ3n) is 3.22. The van der Waals surface area contributed by atoms with Gasteiger partial charge in [-0.25, -0.2) is 0 Å². The molecule has 0 heterocycles. The second-order valence-electron chi connectivity index (χ2n) is 4.61. The van der Waals surface area contributed by atoms with Gasteiger partial charge in [-0.3, -0.25) is 0 Å². The van der Waals surface area contributed by atoms with Gasteiger partial charge in [-0.2, -0.15) is 0 Å². The minimum atomic E-state index is 0.246. The van der Waals surface area contributed by atoms with E-state index in [4.69, 9.17) is 16.3 Å². The van der Waals surface area contributed by atoms with Crippen molar-refractivity contribution in [2.45, 2.75) is 19.5 Å². The Morgan fingerprint density at radius 1 is 1.20 bits per heavy atom. The van der Waals surface area contributed by atoms with Gasteiger partial charge in [-0.1, -0.05) is 39.7 Å². The first kappa shape index (κ1) is 15.4. The topological polar surface area (TPSA) is 21.3 Å². The highest BCUT2D eigenvalue weighted by Gasteiger charge is 2.07. The zero-order valence-electron chi connectivity index (χ0n) is 11.5. The molecule has 2 nitrogen and oxygen atoms in total. The van der Waals surface area contributed by atoms with Crippen molar-refractivity contribution in [3.05, 3.63) is 63.1 Å². The lowest BCUT2D eigenvalue weighted by Gasteiger charge is -2.15. The molecule has 0 spiro atoms. The van der Waals surface area contributed by atoms with Gasteiger partial charge in [0.05, 0.1) is 7.11 Å². The Kier molecular flexibility index (Phi) is 5.46. The van der Waals surface area contributed by atoms with Crippen LogP contribution in [-0.4, -0.2) is 7.11 Å². The average molecular weight is 355 g/mol. The van der Waals surface area contributed by atoms with E-state index in [2.05, 4.69) is 40.3 Å². The number of halogens is 2. The molecule has 0 aliphatic carbocycles. The van der Waals surface area contributed by atoms with Gasteiger partial charge in [-0.15, -0.1) is 0 Å². The van der Waals surface area contributed by atoms with Crippen molar-refractivity contribution in [1.82, 2.24) is 5.32 Å². The summed E-state index contributed by atoms with van der Waals surface area (Å²) in [5.74, 6) is 0.871. The maximum Gasteiger partial charge on any atom is 0.118 e. The van der Waals surface area contributed by atoms with Crippen LogP contribution in [-0.2, 0) is 6.54 Å². The molecule has 20 heavy (non-hydrogen) atoms. The summed E-state index contributed by atoms with van der Waals surface area (Å²) in [7, 11) is 1.67. The monoisotopic (exact) mass is 353 g/mol. The highest BCUT2D eigenvalue weighted by atomic mass is 79.9. The number of benzene rings is 2. The Morgan fingerprint density at radius 3 is 2.55 bits per heavy atom. The summed E-state index contributed by atoms with van der Waals surface area (Å²) in [6.45, 7) is 2.86. The van der Waals surface area contributed by atoms with Crippen LogP contribution >= 0.6 is 27.5 Å². The predicted octanol–water partition coefficient (Wildman–Crippen LogP) is 4.96. The lowest BCUT2D eigenvalue weighted by molar-refractivity contribution is 0.414. The van der Waals surface area contributed by atoms with Gasteiger partial charge in [-0.05, 0) is 48.4 Å². The van der Waals surface area contributed by atoms with Gasteiger partial charge >= 0.3 is 0 Å². The van der Waals surface area contributed by atoms with Crippen LogP contribution in [0, 0.1) is 0 Å². The van der Waals surface area contributed by atoms with Crippen molar-refractivity contribution in [1.29, 1.82) is 0 Å². The number of nitrogens with one attached hydrogen (secondary N) is 1. The van der Waals surface area contributed by atoms with Crippen molar-refractivity contribution in [2.24, 2.45) is 0 Å². The summed E-state index contributed by atoms with van der Waals surface area (Å²) < 4.78 is 6.20. The fourth-order valence-electron chi connectivity index (χ4n) is 1.95. The maximum absolute atomic E-state index is 6.19. The summed E-state index contributed by atoms with van der Waals surface area (Å²) in [5.41, 5.74) is 2.30. The summed E-state index contributed by atoms with van der Waals surface area (Å²) in [5, 5.41) is 4.25. The van der Waals surface area contributed by atoms with Gasteiger partial charge in [0, 0.05) is 22.1 Å². The molecule has 2 aromatic rings. The van der Waals surface area contributed by atoms with Crippen molar-refractivity contribution < 1.29 is 4.74 Å². The number of hydrogen-bond donors (Lipinski definition) is 1. The predicted molar refractivity (Wildman–Crippen MR) is 87.4 cm³/mol. The minimum Gasteiger partial charge on any atom is -0.497 e. The molecule has 1 unspecified atom stereocenters. The molecule has 0 radical (unpaired) electrons. The first-order valence-corrected chi connectivity index (χ1v) is 7.58. The zero-order valence-corrected chi connectivity index (χ0v) is 13.8. The highest BCUT2D eigenvalue weighted by molar-refractivity contribution is 9.10. The van der Waals surface area contributed by atoms with E-state index in [0.717, 1.165) is 27.4 Å². The summed E-state index contributed by atoms with van der Waals surface area (Å²) in [6.07, 6.45) is 0. The highest BCUT2D eigenvalue weighted by Crippen LogP contribution is 2.22. The number of hydrogen-bond acceptors (Lipinski definition) is 2. The van der Waals surface area contributed by atoms with Crippen LogP contribution in [0.4, 0.5) is 0 Å². The molecular formula is C16H17BrClNO. The smallest absolute Gasteiger partial charge is 0.118 e. The lowest BCUT2D eigenvalue weighted by atomic mass is 10.1. The van der Waals surface area contributed by atoms with Gasteiger partial charge < -0.3 is 10.1 Å². The molecule has 2 aromatic carbocycles. The third-order valence-corrected chi connectivity index (χ3v) is 4.08. The Bertz CT molecular complexity index is 571. The molecule has 0 aromatic heterocycles. The van der Waals surface area contributed by atoms with E-state index in [1.54, 1.807) is 7.11 Å². The molecule has 1 atom stereocenters. The second kappa shape index (κ2) is 7.11. The second-order valence-corrected chi connectivity index (χ2v) is 5.93. The van der Waals surface area contributed by atoms with E-state index in [1.807, 2.05) is 30.3 Å². The quantitative estimate of drug-likeness (QED) is 0.819. The summed E-state index contributed by atoms with van der Waals surface area (Å²) >= 11 is 9.65. The van der Waals surface area contributed by atoms with Crippen molar-refractivity contribution in [2.75, 3.05) is 7.11 Å². The van der Waals surface area contributed by atoms with Crippen LogP contribution in [0.1, 0.15) is 24.1 Å². The van der Waals surface area contributed by atoms with E-state index < -0.39 is 0 Å². The van der Waals surface area contributed by atoms with Crippen molar-refractivity contribution >= 4 is 27.5 Å². The third kappa shape index (κ3) is 3.98. The standard InChI is InChI=1S/C16H17BrClNO/c1-11(12-3-6-15(20-2)7-4-12)19-10-13-9-14(17)5-8-16(13)18/h3-9,11,19H,10H2,1-2H3. The van der Waals surface area contributed by atoms with Crippen LogP contribution in [0.3, 0.4) is 0 Å². The molecule has 0 bridgehead atoms. The summed E-state index contributed by atoms with van der Waals surface area (Å²) in [6, 6.07) is 14.2. The first-order chi connectivity index (χ1) is 9.60. The zero-order chi connectivity index (χ0) is 14.5. The van der Waals surface area contributed by atoms with Crippen molar-refractivity contribution in [3.8, 4) is 5.75 Å². The van der Waals surface area contributed by atoms with Crippen LogP contribution in [0.2, 0.25) is 5.02 Å². The Morgan fingerprint density at radius 2 is 1.90 bits per heavy atom. The number of rotatable bonds is 5. The van der Waals surface area contributed by atoms with Gasteiger partial charge in [0.1, 0.15) is 5.75 Å². The van der Waals surface area contributed by atoms with E-state index in [0.29, 0.717) is 0 Å². The average Bonchev–Trinajstić information content (AvgIpc) is 2.48. The van der Waals surface area contributed by atoms with Crippen LogP contribution in [0.25, 0.3) is 0 Å². The van der Waals surface area contributed by atoms with Gasteiger partial charge in [0.15, 0.2) is 0 Å². The van der Waals surface area contributed by atoms with Gasteiger partial charge in [0.25, 0.3) is 0 Å². The van der Waals surface area contributed by atoms with Gasteiger partial charge in [0.2, 0.25) is 0 Å². The first-order valence-electron chi connectivity index (χ1n) is 6.41. The SMILES string of the molecule is COc1ccc(C(C)NCc2cc(Br)ccc2Cl)cc1. The molecule has 0 aliphatic heterocycles. The number of methoxy groups -OCH3 is 1. The van der Waals surface area contributed by atoms with Crippen LogP contribution < -0.4 is 10.1 Å². The fraction of sp³-hybridized carbons (Fsp3) is 0.250. The molecule has 0 saturated carbocycles. The molecule has 1 N–H and O–H groups in total. The number of ether oxygens (including phenoxy) is 1. The lowest BCUT2D eigenvalue weighted by Crippen LogP contribution is -2.18. The molecule has 0 saturated heterocycles. The molecular weight excluding hydrogens is 338 g/mol. The maximum atomic E-state index is 6.19. The van der Waals surface area contributed by atoms with E-state index >= 15 is 0 Å². The summed E-state index contributed by atoms with van der Waals surface area (Å²) in [4.78, 5) is 0. The minimum absolute atomic E-state index is 0.246. The van der Waals surface area contributed by atoms with Crippen LogP contribution in [0.5, 0.6) is 5.75 Å².